The number of benzene rings is 1. The Balaban J connectivity index is 2.03. The zero-order valence-corrected chi connectivity index (χ0v) is 8.59. The maximum absolute atomic E-state index is 9.34. The first-order valence-corrected chi connectivity index (χ1v) is 5.17. The average Bonchev–Trinajstić information content (AvgIpc) is 2.85. The lowest BCUT2D eigenvalue weighted by atomic mass is 9.96. The molecule has 0 atom stereocenters. The molecule has 0 spiro atoms. The fourth-order valence-corrected chi connectivity index (χ4v) is 2.07. The molecule has 0 saturated heterocycles. The largest absolute Gasteiger partial charge is 0.508 e. The van der Waals surface area contributed by atoms with Gasteiger partial charge in [0.05, 0.1) is 0 Å². The predicted octanol–water partition coefficient (Wildman–Crippen LogP) is 1.93. The van der Waals surface area contributed by atoms with Crippen LogP contribution in [0.25, 0.3) is 0 Å². The van der Waals surface area contributed by atoms with Crippen molar-refractivity contribution in [3.05, 3.63) is 29.8 Å². The van der Waals surface area contributed by atoms with E-state index >= 15 is 0 Å². The molecule has 0 heterocycles. The van der Waals surface area contributed by atoms with Crippen molar-refractivity contribution in [3.8, 4) is 5.75 Å². The van der Waals surface area contributed by atoms with Crippen molar-refractivity contribution in [1.29, 1.82) is 0 Å². The highest BCUT2D eigenvalue weighted by molar-refractivity contribution is 5.28. The Kier molecular flexibility index (Phi) is 2.46. The van der Waals surface area contributed by atoms with Crippen LogP contribution < -0.4 is 5.32 Å². The molecular weight excluding hydrogens is 174 g/mol. The van der Waals surface area contributed by atoms with Crippen molar-refractivity contribution in [1.82, 2.24) is 5.32 Å². The summed E-state index contributed by atoms with van der Waals surface area (Å²) in [7, 11) is 2.00. The summed E-state index contributed by atoms with van der Waals surface area (Å²) in [5.74, 6) is 0.378. The molecule has 0 unspecified atom stereocenters. The first-order valence-electron chi connectivity index (χ1n) is 5.17. The van der Waals surface area contributed by atoms with Crippen LogP contribution in [-0.4, -0.2) is 18.7 Å². The SMILES string of the molecule is CNCC1(Cc2cccc(O)c2)CC1. The lowest BCUT2D eigenvalue weighted by molar-refractivity contribution is 0.464. The van der Waals surface area contributed by atoms with Gasteiger partial charge in [-0.05, 0) is 49.4 Å². The second-order valence-corrected chi connectivity index (χ2v) is 4.38. The number of phenols is 1. The Morgan fingerprint density at radius 1 is 1.43 bits per heavy atom. The minimum Gasteiger partial charge on any atom is -0.508 e. The van der Waals surface area contributed by atoms with Crippen LogP contribution in [0.5, 0.6) is 5.75 Å². The van der Waals surface area contributed by atoms with Gasteiger partial charge in [-0.2, -0.15) is 0 Å². The maximum atomic E-state index is 9.34. The molecule has 1 fully saturated rings. The molecule has 1 saturated carbocycles. The summed E-state index contributed by atoms with van der Waals surface area (Å²) < 4.78 is 0. The summed E-state index contributed by atoms with van der Waals surface area (Å²) in [6, 6.07) is 7.60. The summed E-state index contributed by atoms with van der Waals surface area (Å²) >= 11 is 0. The molecular formula is C12H17NO. The Morgan fingerprint density at radius 2 is 2.21 bits per heavy atom. The highest BCUT2D eigenvalue weighted by Crippen LogP contribution is 2.47. The van der Waals surface area contributed by atoms with Gasteiger partial charge in [-0.15, -0.1) is 0 Å². The standard InChI is InChI=1S/C12H17NO/c1-13-9-12(5-6-12)8-10-3-2-4-11(14)7-10/h2-4,7,13-14H,5-6,8-9H2,1H3. The summed E-state index contributed by atoms with van der Waals surface area (Å²) in [5.41, 5.74) is 1.72. The highest BCUT2D eigenvalue weighted by Gasteiger charge is 2.41. The third-order valence-corrected chi connectivity index (χ3v) is 3.00. The van der Waals surface area contributed by atoms with Crippen molar-refractivity contribution in [2.24, 2.45) is 5.41 Å². The van der Waals surface area contributed by atoms with Crippen molar-refractivity contribution >= 4 is 0 Å². The Bertz CT molecular complexity index is 318. The summed E-state index contributed by atoms with van der Waals surface area (Å²) in [6.45, 7) is 1.09. The second-order valence-electron chi connectivity index (χ2n) is 4.38. The lowest BCUT2D eigenvalue weighted by Crippen LogP contribution is -2.21. The molecule has 0 bridgehead atoms. The topological polar surface area (TPSA) is 32.3 Å². The summed E-state index contributed by atoms with van der Waals surface area (Å²) in [5, 5.41) is 12.6. The number of hydrogen-bond acceptors (Lipinski definition) is 2. The van der Waals surface area contributed by atoms with E-state index < -0.39 is 0 Å². The first-order chi connectivity index (χ1) is 6.74. The molecule has 0 aromatic heterocycles. The molecule has 2 heteroatoms. The van der Waals surface area contributed by atoms with Gasteiger partial charge in [-0.1, -0.05) is 12.1 Å². The minimum absolute atomic E-state index is 0.378. The third-order valence-electron chi connectivity index (χ3n) is 3.00. The van der Waals surface area contributed by atoms with E-state index in [1.807, 2.05) is 19.2 Å². The second kappa shape index (κ2) is 3.62. The van der Waals surface area contributed by atoms with Gasteiger partial charge in [0.15, 0.2) is 0 Å². The number of nitrogens with one attached hydrogen (secondary N) is 1. The molecule has 2 N–H and O–H groups in total. The van der Waals surface area contributed by atoms with E-state index in [9.17, 15) is 5.11 Å². The number of hydrogen-bond donors (Lipinski definition) is 2. The van der Waals surface area contributed by atoms with Crippen molar-refractivity contribution in [2.75, 3.05) is 13.6 Å². The van der Waals surface area contributed by atoms with Crippen LogP contribution in [0.3, 0.4) is 0 Å². The van der Waals surface area contributed by atoms with E-state index in [4.69, 9.17) is 0 Å². The van der Waals surface area contributed by atoms with E-state index in [-0.39, 0.29) is 0 Å². The van der Waals surface area contributed by atoms with Crippen LogP contribution in [0.15, 0.2) is 24.3 Å². The van der Waals surface area contributed by atoms with E-state index in [2.05, 4.69) is 11.4 Å². The first kappa shape index (κ1) is 9.53. The van der Waals surface area contributed by atoms with Crippen molar-refractivity contribution in [3.63, 3.8) is 0 Å². The van der Waals surface area contributed by atoms with Gasteiger partial charge in [-0.25, -0.2) is 0 Å². The molecule has 1 aliphatic rings. The van der Waals surface area contributed by atoms with Crippen LogP contribution in [0, 0.1) is 5.41 Å². The normalized spacial score (nSPS) is 18.1. The van der Waals surface area contributed by atoms with Crippen LogP contribution in [0.4, 0.5) is 0 Å². The number of phenolic OH excluding ortho intramolecular Hbond substituents is 1. The molecule has 1 aromatic rings. The van der Waals surface area contributed by atoms with E-state index in [1.54, 1.807) is 6.07 Å². The number of aromatic hydroxyl groups is 1. The summed E-state index contributed by atoms with van der Waals surface area (Å²) in [4.78, 5) is 0. The predicted molar refractivity (Wildman–Crippen MR) is 57.4 cm³/mol. The zero-order chi connectivity index (χ0) is 10.0. The minimum atomic E-state index is 0.378. The molecule has 0 radical (unpaired) electrons. The van der Waals surface area contributed by atoms with Gasteiger partial charge in [0.1, 0.15) is 5.75 Å². The van der Waals surface area contributed by atoms with Gasteiger partial charge >= 0.3 is 0 Å². The molecule has 0 aliphatic heterocycles. The molecule has 0 amide bonds. The van der Waals surface area contributed by atoms with E-state index in [0.717, 1.165) is 13.0 Å². The Morgan fingerprint density at radius 3 is 2.79 bits per heavy atom. The molecule has 1 aliphatic carbocycles. The fourth-order valence-electron chi connectivity index (χ4n) is 2.07. The monoisotopic (exact) mass is 191 g/mol. The van der Waals surface area contributed by atoms with Gasteiger partial charge in [-0.3, -0.25) is 0 Å². The molecule has 14 heavy (non-hydrogen) atoms. The van der Waals surface area contributed by atoms with Crippen LogP contribution in [0.2, 0.25) is 0 Å². The van der Waals surface area contributed by atoms with Gasteiger partial charge in [0, 0.05) is 6.54 Å². The van der Waals surface area contributed by atoms with Crippen LogP contribution >= 0.6 is 0 Å². The van der Waals surface area contributed by atoms with Crippen LogP contribution in [-0.2, 0) is 6.42 Å². The fraction of sp³-hybridized carbons (Fsp3) is 0.500. The quantitative estimate of drug-likeness (QED) is 0.762. The maximum Gasteiger partial charge on any atom is 0.115 e. The zero-order valence-electron chi connectivity index (χ0n) is 8.59. The Labute approximate surface area is 85.0 Å². The third kappa shape index (κ3) is 2.07. The molecule has 76 valence electrons. The molecule has 2 nitrogen and oxygen atoms in total. The van der Waals surface area contributed by atoms with Gasteiger partial charge in [0.2, 0.25) is 0 Å². The molecule has 1 aromatic carbocycles. The number of rotatable bonds is 4. The van der Waals surface area contributed by atoms with E-state index in [0.29, 0.717) is 11.2 Å². The average molecular weight is 191 g/mol. The highest BCUT2D eigenvalue weighted by atomic mass is 16.3. The van der Waals surface area contributed by atoms with E-state index in [1.165, 1.54) is 18.4 Å². The molecule has 2 rings (SSSR count). The van der Waals surface area contributed by atoms with Crippen LogP contribution in [0.1, 0.15) is 18.4 Å². The van der Waals surface area contributed by atoms with Crippen molar-refractivity contribution < 1.29 is 5.11 Å². The summed E-state index contributed by atoms with van der Waals surface area (Å²) in [6.07, 6.45) is 3.70. The lowest BCUT2D eigenvalue weighted by Gasteiger charge is -2.14. The van der Waals surface area contributed by atoms with Gasteiger partial charge < -0.3 is 10.4 Å². The van der Waals surface area contributed by atoms with Crippen molar-refractivity contribution in [2.45, 2.75) is 19.3 Å². The Hall–Kier alpha value is -1.02. The smallest absolute Gasteiger partial charge is 0.115 e. The van der Waals surface area contributed by atoms with Gasteiger partial charge in [0.25, 0.3) is 0 Å².